The van der Waals surface area contributed by atoms with Crippen LogP contribution in [0.2, 0.25) is 0 Å². The summed E-state index contributed by atoms with van der Waals surface area (Å²) in [5, 5.41) is 7.38. The lowest BCUT2D eigenvalue weighted by molar-refractivity contribution is 0.0888. The van der Waals surface area contributed by atoms with Crippen LogP contribution < -0.4 is 5.32 Å². The van der Waals surface area contributed by atoms with E-state index < -0.39 is 0 Å². The first kappa shape index (κ1) is 12.4. The molecule has 0 radical (unpaired) electrons. The average molecular weight is 243 g/mol. The number of carbonyl (C=O) groups is 1. The molecule has 0 amide bonds. The van der Waals surface area contributed by atoms with Crippen molar-refractivity contribution < 1.29 is 4.79 Å². The minimum absolute atomic E-state index is 0.0176. The van der Waals surface area contributed by atoms with Crippen LogP contribution in [-0.4, -0.2) is 22.2 Å². The highest BCUT2D eigenvalue weighted by atomic mass is 16.2. The predicted molar refractivity (Wildman–Crippen MR) is 71.9 cm³/mol. The standard InChI is InChI=1S/C14H17N3O/c1-11-10-12(2)17(16-11)14(18)8-9-15-13-6-4-3-5-7-13/h3-7,10,15H,8-9H2,1-2H3. The largest absolute Gasteiger partial charge is 0.385 e. The fraction of sp³-hybridized carbons (Fsp3) is 0.286. The lowest BCUT2D eigenvalue weighted by Crippen LogP contribution is -2.17. The van der Waals surface area contributed by atoms with Crippen molar-refractivity contribution in [3.05, 3.63) is 47.8 Å². The highest BCUT2D eigenvalue weighted by Gasteiger charge is 2.09. The molecule has 0 aliphatic rings. The lowest BCUT2D eigenvalue weighted by atomic mass is 10.3. The highest BCUT2D eigenvalue weighted by Crippen LogP contribution is 2.06. The van der Waals surface area contributed by atoms with Crippen LogP contribution in [0.3, 0.4) is 0 Å². The summed E-state index contributed by atoms with van der Waals surface area (Å²) in [4.78, 5) is 11.9. The third-order valence-corrected chi connectivity index (χ3v) is 2.69. The first-order valence-electron chi connectivity index (χ1n) is 6.02. The molecular weight excluding hydrogens is 226 g/mol. The molecule has 0 unspecified atom stereocenters. The van der Waals surface area contributed by atoms with E-state index in [2.05, 4.69) is 10.4 Å². The van der Waals surface area contributed by atoms with Crippen molar-refractivity contribution in [2.24, 2.45) is 0 Å². The van der Waals surface area contributed by atoms with E-state index in [1.807, 2.05) is 50.2 Å². The molecule has 0 bridgehead atoms. The molecule has 4 heteroatoms. The van der Waals surface area contributed by atoms with Gasteiger partial charge in [-0.1, -0.05) is 18.2 Å². The zero-order chi connectivity index (χ0) is 13.0. The Kier molecular flexibility index (Phi) is 3.77. The normalized spacial score (nSPS) is 10.3. The number of aryl methyl sites for hydroxylation is 2. The molecule has 18 heavy (non-hydrogen) atoms. The fourth-order valence-corrected chi connectivity index (χ4v) is 1.86. The molecule has 0 aliphatic heterocycles. The average Bonchev–Trinajstić information content (AvgIpc) is 2.70. The van der Waals surface area contributed by atoms with Crippen molar-refractivity contribution in [2.75, 3.05) is 11.9 Å². The molecule has 2 aromatic rings. The maximum absolute atomic E-state index is 11.9. The van der Waals surface area contributed by atoms with Crippen LogP contribution in [0.5, 0.6) is 0 Å². The summed E-state index contributed by atoms with van der Waals surface area (Å²) in [5.41, 5.74) is 2.78. The van der Waals surface area contributed by atoms with Gasteiger partial charge >= 0.3 is 0 Å². The van der Waals surface area contributed by atoms with Gasteiger partial charge in [-0.05, 0) is 32.0 Å². The predicted octanol–water partition coefficient (Wildman–Crippen LogP) is 2.64. The van der Waals surface area contributed by atoms with Gasteiger partial charge in [0.05, 0.1) is 5.69 Å². The van der Waals surface area contributed by atoms with Crippen molar-refractivity contribution in [3.8, 4) is 0 Å². The van der Waals surface area contributed by atoms with E-state index in [0.29, 0.717) is 13.0 Å². The summed E-state index contributed by atoms with van der Waals surface area (Å²) in [6, 6.07) is 11.8. The number of hydrogen-bond acceptors (Lipinski definition) is 3. The number of nitrogens with zero attached hydrogens (tertiary/aromatic N) is 2. The molecule has 0 saturated carbocycles. The maximum atomic E-state index is 11.9. The molecule has 94 valence electrons. The number of carbonyl (C=O) groups excluding carboxylic acids is 1. The highest BCUT2D eigenvalue weighted by molar-refractivity contribution is 5.79. The Hall–Kier alpha value is -2.10. The third kappa shape index (κ3) is 2.97. The van der Waals surface area contributed by atoms with E-state index in [1.165, 1.54) is 4.68 Å². The molecular formula is C14H17N3O. The molecule has 0 aliphatic carbocycles. The number of benzene rings is 1. The van der Waals surface area contributed by atoms with Crippen LogP contribution in [0.4, 0.5) is 5.69 Å². The van der Waals surface area contributed by atoms with Crippen molar-refractivity contribution >= 4 is 11.6 Å². The summed E-state index contributed by atoms with van der Waals surface area (Å²) < 4.78 is 1.47. The topological polar surface area (TPSA) is 46.9 Å². The Balaban J connectivity index is 1.87. The summed E-state index contributed by atoms with van der Waals surface area (Å²) in [6.07, 6.45) is 0.427. The summed E-state index contributed by atoms with van der Waals surface area (Å²) in [6.45, 7) is 4.39. The zero-order valence-electron chi connectivity index (χ0n) is 10.7. The summed E-state index contributed by atoms with van der Waals surface area (Å²) >= 11 is 0. The van der Waals surface area contributed by atoms with Crippen LogP contribution in [0.1, 0.15) is 22.6 Å². The first-order chi connectivity index (χ1) is 8.66. The van der Waals surface area contributed by atoms with Gasteiger partial charge < -0.3 is 5.32 Å². The van der Waals surface area contributed by atoms with E-state index in [-0.39, 0.29) is 5.91 Å². The minimum Gasteiger partial charge on any atom is -0.385 e. The van der Waals surface area contributed by atoms with Crippen molar-refractivity contribution in [1.82, 2.24) is 9.78 Å². The van der Waals surface area contributed by atoms with E-state index in [1.54, 1.807) is 0 Å². The summed E-state index contributed by atoms with van der Waals surface area (Å²) in [5.74, 6) is 0.0176. The lowest BCUT2D eigenvalue weighted by Gasteiger charge is -2.06. The maximum Gasteiger partial charge on any atom is 0.248 e. The second kappa shape index (κ2) is 5.49. The Morgan fingerprint density at radius 2 is 2.00 bits per heavy atom. The quantitative estimate of drug-likeness (QED) is 0.898. The molecule has 1 aromatic heterocycles. The van der Waals surface area contributed by atoms with Crippen LogP contribution in [0.15, 0.2) is 36.4 Å². The Morgan fingerprint density at radius 3 is 2.61 bits per heavy atom. The van der Waals surface area contributed by atoms with Gasteiger partial charge in [-0.25, -0.2) is 4.68 Å². The number of nitrogens with one attached hydrogen (secondary N) is 1. The Labute approximate surface area is 107 Å². The second-order valence-electron chi connectivity index (χ2n) is 4.28. The van der Waals surface area contributed by atoms with E-state index in [9.17, 15) is 4.79 Å². The van der Waals surface area contributed by atoms with Gasteiger partial charge in [0.25, 0.3) is 0 Å². The van der Waals surface area contributed by atoms with Gasteiger partial charge in [0.1, 0.15) is 0 Å². The second-order valence-corrected chi connectivity index (χ2v) is 4.28. The van der Waals surface area contributed by atoms with Gasteiger partial charge in [0.15, 0.2) is 0 Å². The van der Waals surface area contributed by atoms with Gasteiger partial charge in [0.2, 0.25) is 5.91 Å². The first-order valence-corrected chi connectivity index (χ1v) is 6.02. The minimum atomic E-state index is 0.0176. The molecule has 4 nitrogen and oxygen atoms in total. The molecule has 2 rings (SSSR count). The third-order valence-electron chi connectivity index (χ3n) is 2.69. The molecule has 1 aromatic carbocycles. The van der Waals surface area contributed by atoms with Gasteiger partial charge in [0, 0.05) is 24.3 Å². The van der Waals surface area contributed by atoms with Gasteiger partial charge in [-0.2, -0.15) is 5.10 Å². The summed E-state index contributed by atoms with van der Waals surface area (Å²) in [7, 11) is 0. The van der Waals surface area contributed by atoms with Crippen LogP contribution in [0.25, 0.3) is 0 Å². The van der Waals surface area contributed by atoms with Crippen LogP contribution in [-0.2, 0) is 0 Å². The monoisotopic (exact) mass is 243 g/mol. The number of hydrogen-bond donors (Lipinski definition) is 1. The molecule has 0 atom stereocenters. The van der Waals surface area contributed by atoms with Gasteiger partial charge in [-0.3, -0.25) is 4.79 Å². The SMILES string of the molecule is Cc1cc(C)n(C(=O)CCNc2ccccc2)n1. The van der Waals surface area contributed by atoms with E-state index in [4.69, 9.17) is 0 Å². The fourth-order valence-electron chi connectivity index (χ4n) is 1.86. The van der Waals surface area contributed by atoms with Crippen LogP contribution >= 0.6 is 0 Å². The van der Waals surface area contributed by atoms with Crippen molar-refractivity contribution in [3.63, 3.8) is 0 Å². The molecule has 1 N–H and O–H groups in total. The number of para-hydroxylation sites is 1. The van der Waals surface area contributed by atoms with Crippen molar-refractivity contribution in [2.45, 2.75) is 20.3 Å². The Bertz CT molecular complexity index is 531. The Morgan fingerprint density at radius 1 is 1.28 bits per heavy atom. The smallest absolute Gasteiger partial charge is 0.248 e. The molecule has 0 spiro atoms. The molecule has 1 heterocycles. The van der Waals surface area contributed by atoms with E-state index >= 15 is 0 Å². The number of aromatic nitrogens is 2. The van der Waals surface area contributed by atoms with E-state index in [0.717, 1.165) is 17.1 Å². The van der Waals surface area contributed by atoms with Crippen LogP contribution in [0, 0.1) is 13.8 Å². The molecule has 0 saturated heterocycles. The number of rotatable bonds is 4. The zero-order valence-corrected chi connectivity index (χ0v) is 10.7. The molecule has 0 fully saturated rings. The van der Waals surface area contributed by atoms with Gasteiger partial charge in [-0.15, -0.1) is 0 Å². The number of anilines is 1. The van der Waals surface area contributed by atoms with Crippen molar-refractivity contribution in [1.29, 1.82) is 0 Å².